The average molecular weight is 242 g/mol. The van der Waals surface area contributed by atoms with Crippen LogP contribution in [0.3, 0.4) is 0 Å². The molecule has 92 valence electrons. The molecule has 5 heteroatoms. The zero-order valence-corrected chi connectivity index (χ0v) is 10.3. The van der Waals surface area contributed by atoms with E-state index in [1.165, 1.54) is 6.20 Å². The van der Waals surface area contributed by atoms with Crippen molar-refractivity contribution in [3.05, 3.63) is 47.5 Å². The minimum absolute atomic E-state index is 0.285. The number of rotatable bonds is 2. The van der Waals surface area contributed by atoms with Crippen molar-refractivity contribution in [3.8, 4) is 0 Å². The molecule has 0 spiro atoms. The van der Waals surface area contributed by atoms with Gasteiger partial charge in [-0.25, -0.2) is 0 Å². The summed E-state index contributed by atoms with van der Waals surface area (Å²) in [5, 5.41) is 2.74. The van der Waals surface area contributed by atoms with Crippen LogP contribution in [0.5, 0.6) is 0 Å². The molecule has 0 fully saturated rings. The topological polar surface area (TPSA) is 80.9 Å². The Balaban J connectivity index is 2.22. The fourth-order valence-electron chi connectivity index (χ4n) is 1.59. The summed E-state index contributed by atoms with van der Waals surface area (Å²) in [6.07, 6.45) is 4.78. The van der Waals surface area contributed by atoms with Crippen molar-refractivity contribution in [2.24, 2.45) is 0 Å². The summed E-state index contributed by atoms with van der Waals surface area (Å²) in [6.45, 7) is 3.73. The lowest BCUT2D eigenvalue weighted by Gasteiger charge is -2.07. The third kappa shape index (κ3) is 2.63. The predicted octanol–water partition coefficient (Wildman–Crippen LogP) is 1.93. The molecule has 0 aliphatic heterocycles. The van der Waals surface area contributed by atoms with Crippen LogP contribution in [0, 0.1) is 13.8 Å². The van der Waals surface area contributed by atoms with Gasteiger partial charge in [0.1, 0.15) is 0 Å². The van der Waals surface area contributed by atoms with E-state index in [0.29, 0.717) is 16.9 Å². The number of carbonyl (C=O) groups is 1. The molecule has 0 unspecified atom stereocenters. The Morgan fingerprint density at radius 2 is 2.00 bits per heavy atom. The van der Waals surface area contributed by atoms with Crippen LogP contribution in [0.4, 0.5) is 11.4 Å². The first kappa shape index (κ1) is 12.0. The van der Waals surface area contributed by atoms with Crippen LogP contribution < -0.4 is 11.1 Å². The monoisotopic (exact) mass is 242 g/mol. The molecule has 0 saturated heterocycles. The van der Waals surface area contributed by atoms with Crippen molar-refractivity contribution in [3.63, 3.8) is 0 Å². The second-order valence-electron chi connectivity index (χ2n) is 4.12. The highest BCUT2D eigenvalue weighted by Gasteiger charge is 2.10. The fraction of sp³-hybridized carbons (Fsp3) is 0.154. The van der Waals surface area contributed by atoms with Gasteiger partial charge in [0.2, 0.25) is 0 Å². The maximum absolute atomic E-state index is 12.0. The van der Waals surface area contributed by atoms with Crippen LogP contribution in [0.2, 0.25) is 0 Å². The highest BCUT2D eigenvalue weighted by atomic mass is 16.1. The van der Waals surface area contributed by atoms with E-state index >= 15 is 0 Å². The number of hydrogen-bond acceptors (Lipinski definition) is 4. The first-order chi connectivity index (χ1) is 8.56. The van der Waals surface area contributed by atoms with Gasteiger partial charge in [-0.3, -0.25) is 14.8 Å². The first-order valence-corrected chi connectivity index (χ1v) is 5.51. The molecule has 2 rings (SSSR count). The maximum Gasteiger partial charge on any atom is 0.259 e. The smallest absolute Gasteiger partial charge is 0.259 e. The Hall–Kier alpha value is -2.43. The number of nitrogens with two attached hydrogens (primary N) is 1. The minimum Gasteiger partial charge on any atom is -0.398 e. The van der Waals surface area contributed by atoms with Gasteiger partial charge in [0.05, 0.1) is 17.4 Å². The molecule has 2 heterocycles. The third-order valence-electron chi connectivity index (χ3n) is 2.45. The van der Waals surface area contributed by atoms with Crippen LogP contribution in [0.25, 0.3) is 0 Å². The number of pyridine rings is 2. The number of carbonyl (C=O) groups excluding carboxylic acids is 1. The predicted molar refractivity (Wildman–Crippen MR) is 70.3 cm³/mol. The van der Waals surface area contributed by atoms with Crippen molar-refractivity contribution in [2.75, 3.05) is 11.1 Å². The summed E-state index contributed by atoms with van der Waals surface area (Å²) in [5.74, 6) is -0.285. The van der Waals surface area contributed by atoms with E-state index in [1.54, 1.807) is 18.5 Å². The highest BCUT2D eigenvalue weighted by molar-refractivity contribution is 6.07. The molecule has 0 aromatic carbocycles. The van der Waals surface area contributed by atoms with Gasteiger partial charge < -0.3 is 11.1 Å². The normalized spacial score (nSPS) is 10.1. The van der Waals surface area contributed by atoms with Gasteiger partial charge in [-0.1, -0.05) is 0 Å². The Morgan fingerprint density at radius 1 is 1.22 bits per heavy atom. The lowest BCUT2D eigenvalue weighted by molar-refractivity contribution is 0.102. The molecule has 0 aliphatic carbocycles. The molecular weight excluding hydrogens is 228 g/mol. The molecule has 1 amide bonds. The molecule has 5 nitrogen and oxygen atoms in total. The number of nitrogens with one attached hydrogen (secondary N) is 1. The number of nitrogens with zero attached hydrogens (tertiary/aromatic N) is 2. The molecule has 0 radical (unpaired) electrons. The van der Waals surface area contributed by atoms with Crippen LogP contribution in [-0.4, -0.2) is 15.9 Å². The van der Waals surface area contributed by atoms with Gasteiger partial charge in [-0.2, -0.15) is 0 Å². The van der Waals surface area contributed by atoms with Crippen molar-refractivity contribution in [1.82, 2.24) is 9.97 Å². The first-order valence-electron chi connectivity index (χ1n) is 5.51. The summed E-state index contributed by atoms with van der Waals surface area (Å²) in [6, 6.07) is 3.51. The molecular formula is C13H14N4O. The number of hydrogen-bond donors (Lipinski definition) is 2. The van der Waals surface area contributed by atoms with E-state index in [4.69, 9.17) is 5.73 Å². The molecule has 2 aromatic rings. The Kier molecular flexibility index (Phi) is 3.23. The van der Waals surface area contributed by atoms with E-state index in [9.17, 15) is 4.79 Å². The van der Waals surface area contributed by atoms with E-state index in [-0.39, 0.29) is 5.91 Å². The van der Waals surface area contributed by atoms with Crippen LogP contribution in [0.1, 0.15) is 21.6 Å². The SMILES string of the molecule is Cc1cncc(NC(=O)c2cnc(C)cc2N)c1. The number of aryl methyl sites for hydroxylation is 2. The fourth-order valence-corrected chi connectivity index (χ4v) is 1.59. The number of amides is 1. The molecule has 2 aromatic heterocycles. The third-order valence-corrected chi connectivity index (χ3v) is 2.45. The second-order valence-corrected chi connectivity index (χ2v) is 4.12. The summed E-state index contributed by atoms with van der Waals surface area (Å²) >= 11 is 0. The van der Waals surface area contributed by atoms with Crippen LogP contribution in [0.15, 0.2) is 30.7 Å². The van der Waals surface area contributed by atoms with Crippen molar-refractivity contribution >= 4 is 17.3 Å². The van der Waals surface area contributed by atoms with Gasteiger partial charge in [0.25, 0.3) is 5.91 Å². The largest absolute Gasteiger partial charge is 0.398 e. The van der Waals surface area contributed by atoms with Crippen molar-refractivity contribution < 1.29 is 4.79 Å². The zero-order chi connectivity index (χ0) is 13.1. The standard InChI is InChI=1S/C13H14N4O/c1-8-3-10(6-15-5-8)17-13(18)11-7-16-9(2)4-12(11)14/h3-7H,1-2H3,(H2,14,16)(H,17,18). The van der Waals surface area contributed by atoms with Gasteiger partial charge in [0.15, 0.2) is 0 Å². The van der Waals surface area contributed by atoms with Crippen LogP contribution in [-0.2, 0) is 0 Å². The summed E-state index contributed by atoms with van der Waals surface area (Å²) < 4.78 is 0. The molecule has 3 N–H and O–H groups in total. The second kappa shape index (κ2) is 4.83. The minimum atomic E-state index is -0.285. The molecule has 18 heavy (non-hydrogen) atoms. The maximum atomic E-state index is 12.0. The molecule has 0 atom stereocenters. The number of nitrogen functional groups attached to an aromatic ring is 1. The lowest BCUT2D eigenvalue weighted by atomic mass is 10.2. The summed E-state index contributed by atoms with van der Waals surface area (Å²) in [4.78, 5) is 20.1. The van der Waals surface area contributed by atoms with E-state index in [2.05, 4.69) is 15.3 Å². The van der Waals surface area contributed by atoms with Crippen molar-refractivity contribution in [1.29, 1.82) is 0 Å². The van der Waals surface area contributed by atoms with E-state index < -0.39 is 0 Å². The Labute approximate surface area is 105 Å². The Morgan fingerprint density at radius 3 is 2.67 bits per heavy atom. The summed E-state index contributed by atoms with van der Waals surface area (Å²) in [5.41, 5.74) is 8.96. The molecule has 0 aliphatic rings. The Bertz CT molecular complexity index is 595. The van der Waals surface area contributed by atoms with Gasteiger partial charge in [-0.05, 0) is 31.5 Å². The van der Waals surface area contributed by atoms with E-state index in [0.717, 1.165) is 11.3 Å². The van der Waals surface area contributed by atoms with Gasteiger partial charge >= 0.3 is 0 Å². The quantitative estimate of drug-likeness (QED) is 0.843. The van der Waals surface area contributed by atoms with Crippen molar-refractivity contribution in [2.45, 2.75) is 13.8 Å². The average Bonchev–Trinajstić information content (AvgIpc) is 2.28. The van der Waals surface area contributed by atoms with Gasteiger partial charge in [-0.15, -0.1) is 0 Å². The zero-order valence-electron chi connectivity index (χ0n) is 10.3. The van der Waals surface area contributed by atoms with E-state index in [1.807, 2.05) is 19.9 Å². The van der Waals surface area contributed by atoms with Gasteiger partial charge in [0, 0.05) is 23.8 Å². The number of anilines is 2. The lowest BCUT2D eigenvalue weighted by Crippen LogP contribution is -2.14. The molecule has 0 bridgehead atoms. The summed E-state index contributed by atoms with van der Waals surface area (Å²) in [7, 11) is 0. The van der Waals surface area contributed by atoms with Crippen LogP contribution >= 0.6 is 0 Å². The highest BCUT2D eigenvalue weighted by Crippen LogP contribution is 2.14. The number of aromatic nitrogens is 2. The molecule has 0 saturated carbocycles.